The Morgan fingerprint density at radius 1 is 0.926 bits per heavy atom. The third kappa shape index (κ3) is 3.78. The molecule has 0 aromatic heterocycles. The number of aryl methyl sites for hydroxylation is 1. The van der Waals surface area contributed by atoms with Crippen LogP contribution in [0.5, 0.6) is 0 Å². The van der Waals surface area contributed by atoms with Crippen molar-refractivity contribution in [2.24, 2.45) is 0 Å². The highest BCUT2D eigenvalue weighted by molar-refractivity contribution is 5.71. The van der Waals surface area contributed by atoms with Gasteiger partial charge in [-0.15, -0.1) is 0 Å². The van der Waals surface area contributed by atoms with Crippen LogP contribution in [-0.2, 0) is 0 Å². The van der Waals surface area contributed by atoms with Gasteiger partial charge in [0, 0.05) is 31.9 Å². The molecule has 0 bridgehead atoms. The lowest BCUT2D eigenvalue weighted by molar-refractivity contribution is 0.365. The number of halogens is 1. The first kappa shape index (κ1) is 17.8. The van der Waals surface area contributed by atoms with Gasteiger partial charge in [-0.05, 0) is 55.5 Å². The van der Waals surface area contributed by atoms with E-state index in [1.807, 2.05) is 19.1 Å². The zero-order valence-corrected chi connectivity index (χ0v) is 16.3. The molecule has 1 saturated carbocycles. The minimum Gasteiger partial charge on any atom is -0.368 e. The van der Waals surface area contributed by atoms with Gasteiger partial charge in [-0.1, -0.05) is 48.0 Å². The number of hydrogen-bond donors (Lipinski definition) is 0. The normalized spacial score (nSPS) is 16.5. The number of nitrogens with zero attached hydrogens (tertiary/aromatic N) is 2. The van der Waals surface area contributed by atoms with Crippen LogP contribution in [0, 0.1) is 12.7 Å². The molecule has 1 saturated heterocycles. The highest BCUT2D eigenvalue weighted by Crippen LogP contribution is 2.39. The molecule has 0 amide bonds. The van der Waals surface area contributed by atoms with Gasteiger partial charge in [0.05, 0.1) is 5.69 Å². The van der Waals surface area contributed by atoms with Crippen LogP contribution < -0.4 is 4.90 Å². The summed E-state index contributed by atoms with van der Waals surface area (Å²) in [7, 11) is 0. The van der Waals surface area contributed by atoms with Crippen molar-refractivity contribution in [3.05, 3.63) is 77.1 Å². The Bertz CT molecular complexity index is 881. The molecule has 1 aliphatic heterocycles. The molecule has 0 atom stereocenters. The molecule has 1 aliphatic carbocycles. The van der Waals surface area contributed by atoms with E-state index in [1.165, 1.54) is 29.7 Å². The average molecular weight is 362 g/mol. The van der Waals surface area contributed by atoms with E-state index in [2.05, 4.69) is 47.6 Å². The van der Waals surface area contributed by atoms with Gasteiger partial charge in [0.1, 0.15) is 5.82 Å². The van der Waals surface area contributed by atoms with Gasteiger partial charge in [0.15, 0.2) is 0 Å². The Balaban J connectivity index is 1.49. The average Bonchev–Trinajstić information content (AvgIpc) is 3.49. The Morgan fingerprint density at radius 3 is 2.11 bits per heavy atom. The summed E-state index contributed by atoms with van der Waals surface area (Å²) in [5.74, 6) is -0.150. The van der Waals surface area contributed by atoms with E-state index in [0.29, 0.717) is 5.69 Å². The first-order valence-corrected chi connectivity index (χ1v) is 9.77. The van der Waals surface area contributed by atoms with E-state index in [4.69, 9.17) is 0 Å². The molecule has 4 rings (SSSR count). The first-order chi connectivity index (χ1) is 13.0. The minimum atomic E-state index is -0.150. The minimum absolute atomic E-state index is 0.150. The lowest BCUT2D eigenvalue weighted by Crippen LogP contribution is -2.45. The molecule has 3 heteroatoms. The second-order valence-electron chi connectivity index (χ2n) is 7.74. The lowest BCUT2D eigenvalue weighted by Gasteiger charge is -2.39. The molecule has 2 aliphatic rings. The van der Waals surface area contributed by atoms with Crippen molar-refractivity contribution in [3.8, 4) is 0 Å². The van der Waals surface area contributed by atoms with Gasteiger partial charge in [-0.2, -0.15) is 0 Å². The summed E-state index contributed by atoms with van der Waals surface area (Å²) in [6, 6.07) is 14.3. The molecule has 2 nitrogen and oxygen atoms in total. The topological polar surface area (TPSA) is 6.48 Å². The highest BCUT2D eigenvalue weighted by Gasteiger charge is 2.27. The maximum absolute atomic E-state index is 14.6. The number of rotatable bonds is 4. The largest absolute Gasteiger partial charge is 0.368 e. The molecule has 0 radical (unpaired) electrons. The second kappa shape index (κ2) is 7.22. The number of allylic oxidation sites excluding steroid dienone is 2. The fourth-order valence-electron chi connectivity index (χ4n) is 3.82. The maximum Gasteiger partial charge on any atom is 0.147 e. The fraction of sp³-hybridized carbons (Fsp3) is 0.333. The van der Waals surface area contributed by atoms with Gasteiger partial charge in [0.2, 0.25) is 0 Å². The summed E-state index contributed by atoms with van der Waals surface area (Å²) in [6.07, 6.45) is 2.42. The molecule has 27 heavy (non-hydrogen) atoms. The van der Waals surface area contributed by atoms with E-state index in [0.717, 1.165) is 37.3 Å². The smallest absolute Gasteiger partial charge is 0.147 e. The van der Waals surface area contributed by atoms with Crippen LogP contribution in [0.25, 0.3) is 11.3 Å². The van der Waals surface area contributed by atoms with Crippen LogP contribution in [0.4, 0.5) is 10.1 Å². The monoisotopic (exact) mass is 362 g/mol. The summed E-state index contributed by atoms with van der Waals surface area (Å²) in [4.78, 5) is 4.65. The number of piperazine rings is 1. The predicted molar refractivity (Wildman–Crippen MR) is 112 cm³/mol. The van der Waals surface area contributed by atoms with Crippen molar-refractivity contribution in [1.29, 1.82) is 0 Å². The molecule has 2 fully saturated rings. The molecular weight excluding hydrogens is 335 g/mol. The highest BCUT2D eigenvalue weighted by atomic mass is 19.1. The lowest BCUT2D eigenvalue weighted by atomic mass is 10.1. The van der Waals surface area contributed by atoms with Gasteiger partial charge in [0.25, 0.3) is 0 Å². The fourth-order valence-corrected chi connectivity index (χ4v) is 3.82. The second-order valence-corrected chi connectivity index (χ2v) is 7.74. The third-order valence-electron chi connectivity index (χ3n) is 5.54. The maximum atomic E-state index is 14.6. The summed E-state index contributed by atoms with van der Waals surface area (Å²) >= 11 is 0. The van der Waals surface area contributed by atoms with Crippen LogP contribution >= 0.6 is 0 Å². The molecule has 1 heterocycles. The summed E-state index contributed by atoms with van der Waals surface area (Å²) < 4.78 is 14.6. The van der Waals surface area contributed by atoms with Crippen molar-refractivity contribution in [3.63, 3.8) is 0 Å². The first-order valence-electron chi connectivity index (χ1n) is 9.77. The summed E-state index contributed by atoms with van der Waals surface area (Å²) in [5.41, 5.74) is 8.04. The number of anilines is 1. The van der Waals surface area contributed by atoms with E-state index < -0.39 is 0 Å². The zero-order chi connectivity index (χ0) is 19.0. The molecule has 0 spiro atoms. The van der Waals surface area contributed by atoms with E-state index in [-0.39, 0.29) is 5.82 Å². The Labute approximate surface area is 161 Å². The van der Waals surface area contributed by atoms with Crippen LogP contribution in [0.3, 0.4) is 0 Å². The molecule has 0 N–H and O–H groups in total. The molecule has 2 aromatic rings. The van der Waals surface area contributed by atoms with Crippen molar-refractivity contribution in [1.82, 2.24) is 4.90 Å². The van der Waals surface area contributed by atoms with Crippen LogP contribution in [0.2, 0.25) is 0 Å². The number of benzene rings is 2. The van der Waals surface area contributed by atoms with Gasteiger partial charge in [-0.25, -0.2) is 4.39 Å². The van der Waals surface area contributed by atoms with Crippen molar-refractivity contribution >= 4 is 17.0 Å². The number of hydrogen-bond acceptors (Lipinski definition) is 2. The Morgan fingerprint density at radius 2 is 1.56 bits per heavy atom. The van der Waals surface area contributed by atoms with Gasteiger partial charge >= 0.3 is 0 Å². The summed E-state index contributed by atoms with van der Waals surface area (Å²) in [5, 5.41) is 0. The van der Waals surface area contributed by atoms with E-state index in [9.17, 15) is 4.39 Å². The SMILES string of the molecule is C=C(C)c1ccc(N2CCN(C(=C3CC3)c3ccc(C)cc3)CC2)c(F)c1. The van der Waals surface area contributed by atoms with Crippen molar-refractivity contribution in [2.45, 2.75) is 26.7 Å². The van der Waals surface area contributed by atoms with Crippen molar-refractivity contribution < 1.29 is 4.39 Å². The zero-order valence-electron chi connectivity index (χ0n) is 16.3. The molecule has 0 unspecified atom stereocenters. The quantitative estimate of drug-likeness (QED) is 0.709. The molecular formula is C24H27FN2. The van der Waals surface area contributed by atoms with Gasteiger partial charge in [-0.3, -0.25) is 0 Å². The van der Waals surface area contributed by atoms with Crippen LogP contribution in [0.15, 0.2) is 54.6 Å². The Kier molecular flexibility index (Phi) is 4.77. The molecule has 2 aromatic carbocycles. The predicted octanol–water partition coefficient (Wildman–Crippen LogP) is 5.49. The van der Waals surface area contributed by atoms with E-state index >= 15 is 0 Å². The summed E-state index contributed by atoms with van der Waals surface area (Å²) in [6.45, 7) is 11.5. The van der Waals surface area contributed by atoms with Crippen molar-refractivity contribution in [2.75, 3.05) is 31.1 Å². The standard InChI is InChI=1S/C24H27FN2/c1-17(2)21-10-11-23(22(25)16-21)26-12-14-27(15-13-26)24(20-8-9-20)19-6-4-18(3)5-7-19/h4-7,10-11,16H,1,8-9,12-15H2,2-3H3. The van der Waals surface area contributed by atoms with E-state index in [1.54, 1.807) is 11.6 Å². The van der Waals surface area contributed by atoms with Gasteiger partial charge < -0.3 is 9.80 Å². The Hall–Kier alpha value is -2.55. The third-order valence-corrected chi connectivity index (χ3v) is 5.54. The van der Waals surface area contributed by atoms with Crippen LogP contribution in [-0.4, -0.2) is 31.1 Å². The van der Waals surface area contributed by atoms with Crippen LogP contribution in [0.1, 0.15) is 36.5 Å². The molecule has 140 valence electrons.